The largest absolute Gasteiger partial charge is 0.494 e. The summed E-state index contributed by atoms with van der Waals surface area (Å²) in [4.78, 5) is 18.3. The van der Waals surface area contributed by atoms with Crippen molar-refractivity contribution in [3.8, 4) is 17.0 Å². The van der Waals surface area contributed by atoms with Crippen molar-refractivity contribution in [3.05, 3.63) is 71.4 Å². The predicted octanol–water partition coefficient (Wildman–Crippen LogP) is 5.80. The van der Waals surface area contributed by atoms with E-state index in [1.807, 2.05) is 42.6 Å². The fraction of sp³-hybridized carbons (Fsp3) is 0.217. The molecule has 4 rings (SSSR count). The average Bonchev–Trinajstić information content (AvgIpc) is 3.31. The Morgan fingerprint density at radius 1 is 1.21 bits per heavy atom. The van der Waals surface area contributed by atoms with Crippen LogP contribution in [0.5, 0.6) is 5.75 Å². The Hall–Kier alpha value is -3.12. The second-order valence-corrected chi connectivity index (χ2v) is 7.75. The molecule has 0 fully saturated rings. The fourth-order valence-electron chi connectivity index (χ4n) is 3.03. The van der Waals surface area contributed by atoms with E-state index in [0.717, 1.165) is 46.2 Å². The van der Waals surface area contributed by atoms with Gasteiger partial charge >= 0.3 is 0 Å². The quantitative estimate of drug-likeness (QED) is 0.395. The topological polar surface area (TPSA) is 55.6 Å². The number of rotatable bonds is 7. The van der Waals surface area contributed by atoms with Crippen LogP contribution < -0.4 is 10.1 Å². The summed E-state index contributed by atoms with van der Waals surface area (Å²) in [6.07, 6.45) is 4.14. The van der Waals surface area contributed by atoms with Crippen molar-refractivity contribution in [1.82, 2.24) is 9.38 Å². The van der Waals surface area contributed by atoms with Gasteiger partial charge in [-0.05, 0) is 49.7 Å². The molecule has 1 N–H and O–H groups in total. The number of ether oxygens (including phenoxy) is 1. The summed E-state index contributed by atoms with van der Waals surface area (Å²) < 4.78 is 7.73. The third-order valence-electron chi connectivity index (χ3n) is 4.69. The van der Waals surface area contributed by atoms with Crippen molar-refractivity contribution in [3.63, 3.8) is 0 Å². The highest BCUT2D eigenvalue weighted by Crippen LogP contribution is 2.25. The minimum absolute atomic E-state index is 0.149. The number of unbranched alkanes of at least 4 members (excludes halogenated alkanes) is 1. The fourth-order valence-corrected chi connectivity index (χ4v) is 3.88. The Morgan fingerprint density at radius 2 is 2.03 bits per heavy atom. The summed E-state index contributed by atoms with van der Waals surface area (Å²) in [5, 5.41) is 5.05. The minimum atomic E-state index is -0.149. The number of fused-ring (bicyclic) bond motifs is 1. The first-order chi connectivity index (χ1) is 14.1. The van der Waals surface area contributed by atoms with Crippen molar-refractivity contribution in [2.24, 2.45) is 0 Å². The Kier molecular flexibility index (Phi) is 5.62. The van der Waals surface area contributed by atoms with E-state index < -0.39 is 0 Å². The van der Waals surface area contributed by atoms with E-state index in [-0.39, 0.29) is 5.91 Å². The number of anilines is 1. The number of nitrogens with one attached hydrogen (secondary N) is 1. The van der Waals surface area contributed by atoms with Crippen LogP contribution in [0.1, 0.15) is 35.8 Å². The molecule has 2 aromatic carbocycles. The van der Waals surface area contributed by atoms with Crippen LogP contribution in [0.15, 0.2) is 60.1 Å². The standard InChI is InChI=1S/C23H23N3O2S/c1-3-4-12-28-20-10-8-17(9-11-20)22(27)24-19-7-5-6-18(13-19)21-14-26-16(2)15-29-23(26)25-21/h5-11,13-15H,3-4,12H2,1-2H3,(H,24,27). The summed E-state index contributed by atoms with van der Waals surface area (Å²) in [6, 6.07) is 15.0. The SMILES string of the molecule is CCCCOc1ccc(C(=O)Nc2cccc(-c3cn4c(C)csc4n3)c2)cc1. The van der Waals surface area contributed by atoms with Crippen molar-refractivity contribution in [1.29, 1.82) is 0 Å². The van der Waals surface area contributed by atoms with Crippen LogP contribution in [0.2, 0.25) is 0 Å². The summed E-state index contributed by atoms with van der Waals surface area (Å²) >= 11 is 1.62. The van der Waals surface area contributed by atoms with Crippen LogP contribution >= 0.6 is 11.3 Å². The van der Waals surface area contributed by atoms with Crippen LogP contribution in [-0.2, 0) is 0 Å². The van der Waals surface area contributed by atoms with Gasteiger partial charge in [0, 0.05) is 34.1 Å². The lowest BCUT2D eigenvalue weighted by Gasteiger charge is -2.08. The monoisotopic (exact) mass is 405 g/mol. The molecule has 0 bridgehead atoms. The first kappa shape index (κ1) is 19.2. The van der Waals surface area contributed by atoms with Gasteiger partial charge in [-0.2, -0.15) is 0 Å². The van der Waals surface area contributed by atoms with Crippen LogP contribution in [0, 0.1) is 6.92 Å². The van der Waals surface area contributed by atoms with Crippen LogP contribution in [0.3, 0.4) is 0 Å². The Balaban J connectivity index is 1.46. The molecule has 4 aromatic rings. The molecule has 0 spiro atoms. The molecular formula is C23H23N3O2S. The van der Waals surface area contributed by atoms with E-state index in [1.165, 1.54) is 0 Å². The first-order valence-electron chi connectivity index (χ1n) is 9.72. The zero-order chi connectivity index (χ0) is 20.2. The first-order valence-corrected chi connectivity index (χ1v) is 10.6. The van der Waals surface area contributed by atoms with E-state index in [0.29, 0.717) is 12.2 Å². The molecular weight excluding hydrogens is 382 g/mol. The number of aromatic nitrogens is 2. The molecule has 6 heteroatoms. The number of nitrogens with zero attached hydrogens (tertiary/aromatic N) is 2. The van der Waals surface area contributed by atoms with E-state index in [9.17, 15) is 4.79 Å². The molecule has 0 saturated heterocycles. The molecule has 0 saturated carbocycles. The lowest BCUT2D eigenvalue weighted by Crippen LogP contribution is -2.11. The number of thiazole rings is 1. The maximum Gasteiger partial charge on any atom is 0.255 e. The van der Waals surface area contributed by atoms with Crippen molar-refractivity contribution in [2.75, 3.05) is 11.9 Å². The number of hydrogen-bond acceptors (Lipinski definition) is 4. The second-order valence-electron chi connectivity index (χ2n) is 6.92. The van der Waals surface area contributed by atoms with Gasteiger partial charge in [0.25, 0.3) is 5.91 Å². The van der Waals surface area contributed by atoms with E-state index >= 15 is 0 Å². The summed E-state index contributed by atoms with van der Waals surface area (Å²) in [7, 11) is 0. The van der Waals surface area contributed by atoms with Gasteiger partial charge < -0.3 is 10.1 Å². The van der Waals surface area contributed by atoms with Gasteiger partial charge in [-0.15, -0.1) is 11.3 Å². The molecule has 0 radical (unpaired) electrons. The molecule has 29 heavy (non-hydrogen) atoms. The molecule has 2 heterocycles. The molecule has 5 nitrogen and oxygen atoms in total. The highest BCUT2D eigenvalue weighted by Gasteiger charge is 2.10. The zero-order valence-corrected chi connectivity index (χ0v) is 17.3. The Morgan fingerprint density at radius 3 is 2.79 bits per heavy atom. The van der Waals surface area contributed by atoms with Gasteiger partial charge in [0.15, 0.2) is 4.96 Å². The normalized spacial score (nSPS) is 11.0. The highest BCUT2D eigenvalue weighted by atomic mass is 32.1. The van der Waals surface area contributed by atoms with E-state index in [4.69, 9.17) is 4.74 Å². The van der Waals surface area contributed by atoms with E-state index in [1.54, 1.807) is 23.5 Å². The average molecular weight is 406 g/mol. The zero-order valence-electron chi connectivity index (χ0n) is 16.5. The molecule has 0 unspecified atom stereocenters. The number of carbonyl (C=O) groups excluding carboxylic acids is 1. The van der Waals surface area contributed by atoms with E-state index in [2.05, 4.69) is 33.9 Å². The lowest BCUT2D eigenvalue weighted by atomic mass is 10.1. The number of benzene rings is 2. The lowest BCUT2D eigenvalue weighted by molar-refractivity contribution is 0.102. The summed E-state index contributed by atoms with van der Waals surface area (Å²) in [5.41, 5.74) is 4.36. The highest BCUT2D eigenvalue weighted by molar-refractivity contribution is 7.15. The minimum Gasteiger partial charge on any atom is -0.494 e. The van der Waals surface area contributed by atoms with Gasteiger partial charge in [0.2, 0.25) is 0 Å². The van der Waals surface area contributed by atoms with Gasteiger partial charge in [0.05, 0.1) is 12.3 Å². The number of hydrogen-bond donors (Lipinski definition) is 1. The van der Waals surface area contributed by atoms with Gasteiger partial charge in [-0.25, -0.2) is 4.98 Å². The Labute approximate surface area is 174 Å². The Bertz CT molecular complexity index is 1130. The van der Waals surface area contributed by atoms with Gasteiger partial charge in [-0.3, -0.25) is 9.20 Å². The maximum atomic E-state index is 12.6. The molecule has 0 aliphatic rings. The summed E-state index contributed by atoms with van der Waals surface area (Å²) in [6.45, 7) is 4.88. The van der Waals surface area contributed by atoms with Gasteiger partial charge in [0.1, 0.15) is 5.75 Å². The smallest absolute Gasteiger partial charge is 0.255 e. The molecule has 2 aromatic heterocycles. The molecule has 0 aliphatic heterocycles. The van der Waals surface area contributed by atoms with Crippen LogP contribution in [0.4, 0.5) is 5.69 Å². The maximum absolute atomic E-state index is 12.6. The second kappa shape index (κ2) is 8.49. The molecule has 0 aliphatic carbocycles. The van der Waals surface area contributed by atoms with Crippen LogP contribution in [0.25, 0.3) is 16.2 Å². The third-order valence-corrected chi connectivity index (χ3v) is 5.65. The number of carbonyl (C=O) groups is 1. The van der Waals surface area contributed by atoms with Crippen molar-refractivity contribution >= 4 is 27.9 Å². The molecule has 1 amide bonds. The number of amides is 1. The third kappa shape index (κ3) is 4.32. The van der Waals surface area contributed by atoms with Crippen molar-refractivity contribution < 1.29 is 9.53 Å². The number of imidazole rings is 1. The predicted molar refractivity (Wildman–Crippen MR) is 118 cm³/mol. The van der Waals surface area contributed by atoms with Gasteiger partial charge in [-0.1, -0.05) is 25.5 Å². The van der Waals surface area contributed by atoms with Crippen LogP contribution in [-0.4, -0.2) is 21.9 Å². The summed E-state index contributed by atoms with van der Waals surface area (Å²) in [5.74, 6) is 0.635. The number of aryl methyl sites for hydroxylation is 1. The van der Waals surface area contributed by atoms with Crippen molar-refractivity contribution in [2.45, 2.75) is 26.7 Å². The molecule has 0 atom stereocenters. The molecule has 148 valence electrons.